The number of pyridine rings is 1. The minimum Gasteiger partial charge on any atom is -0.352 e. The van der Waals surface area contributed by atoms with Gasteiger partial charge in [-0.05, 0) is 24.3 Å². The Morgan fingerprint density at radius 2 is 1.88 bits per heavy atom. The average molecular weight is 344 g/mol. The van der Waals surface area contributed by atoms with Crippen molar-refractivity contribution in [3.63, 3.8) is 0 Å². The molecule has 0 aliphatic heterocycles. The quantitative estimate of drug-likeness (QED) is 0.748. The normalized spacial score (nSPS) is 11.5. The number of fused-ring (bicyclic) bond motifs is 1. The van der Waals surface area contributed by atoms with Gasteiger partial charge in [-0.15, -0.1) is 10.2 Å². The second-order valence-electron chi connectivity index (χ2n) is 5.32. The number of aromatic nitrogens is 3. The van der Waals surface area contributed by atoms with Crippen LogP contribution < -0.4 is 5.32 Å². The van der Waals surface area contributed by atoms with Crippen molar-refractivity contribution in [2.75, 3.05) is 12.8 Å². The maximum absolute atomic E-state index is 12.3. The zero-order valence-electron chi connectivity index (χ0n) is 13.0. The predicted octanol–water partition coefficient (Wildman–Crippen LogP) is 1.11. The van der Waals surface area contributed by atoms with Gasteiger partial charge in [0.2, 0.25) is 0 Å². The highest BCUT2D eigenvalue weighted by molar-refractivity contribution is 7.90. The number of carbonyl (C=O) groups is 1. The molecule has 2 aromatic heterocycles. The first-order chi connectivity index (χ1) is 11.5. The number of hydrogen-bond donors (Lipinski definition) is 1. The van der Waals surface area contributed by atoms with E-state index in [0.29, 0.717) is 13.0 Å². The highest BCUT2D eigenvalue weighted by Gasteiger charge is 2.17. The lowest BCUT2D eigenvalue weighted by molar-refractivity contribution is 0.0950. The summed E-state index contributed by atoms with van der Waals surface area (Å²) in [5, 5.41) is 10.9. The molecule has 7 nitrogen and oxygen atoms in total. The molecular weight excluding hydrogens is 328 g/mol. The number of amides is 1. The zero-order valence-corrected chi connectivity index (χ0v) is 13.8. The van der Waals surface area contributed by atoms with Crippen LogP contribution in [0.1, 0.15) is 16.2 Å². The van der Waals surface area contributed by atoms with E-state index in [1.165, 1.54) is 12.1 Å². The Morgan fingerprint density at radius 1 is 1.12 bits per heavy atom. The first-order valence-corrected chi connectivity index (χ1v) is 9.22. The molecule has 24 heavy (non-hydrogen) atoms. The number of benzene rings is 1. The summed E-state index contributed by atoms with van der Waals surface area (Å²) in [5.41, 5.74) is 0.882. The third kappa shape index (κ3) is 3.28. The van der Waals surface area contributed by atoms with Crippen molar-refractivity contribution in [1.82, 2.24) is 19.9 Å². The minimum atomic E-state index is -3.46. The number of hydrogen-bond acceptors (Lipinski definition) is 5. The van der Waals surface area contributed by atoms with Crippen molar-refractivity contribution in [1.29, 1.82) is 0 Å². The number of nitrogens with one attached hydrogen (secondary N) is 1. The zero-order chi connectivity index (χ0) is 17.2. The molecule has 0 saturated heterocycles. The van der Waals surface area contributed by atoms with E-state index in [4.69, 9.17) is 0 Å². The molecule has 0 saturated carbocycles. The summed E-state index contributed by atoms with van der Waals surface area (Å²) < 4.78 is 25.4. The monoisotopic (exact) mass is 344 g/mol. The van der Waals surface area contributed by atoms with Crippen LogP contribution in [0.2, 0.25) is 0 Å². The Hall–Kier alpha value is -2.74. The van der Waals surface area contributed by atoms with Crippen molar-refractivity contribution in [3.05, 3.63) is 60.0 Å². The van der Waals surface area contributed by atoms with E-state index < -0.39 is 15.7 Å². The van der Waals surface area contributed by atoms with Gasteiger partial charge in [-0.3, -0.25) is 9.20 Å². The fourth-order valence-electron chi connectivity index (χ4n) is 2.42. The molecular formula is C16H16N4O3S. The van der Waals surface area contributed by atoms with Crippen LogP contribution in [-0.2, 0) is 16.3 Å². The third-order valence-corrected chi connectivity index (χ3v) is 4.70. The standard InChI is InChI=1S/C16H16N4O3S/c1-24(22,23)13-7-3-2-6-12(13)16(21)17-10-9-15-19-18-14-8-4-5-11-20(14)15/h2-8,11H,9-10H2,1H3,(H,17,21). The molecule has 0 bridgehead atoms. The van der Waals surface area contributed by atoms with Gasteiger partial charge in [0.25, 0.3) is 5.91 Å². The molecule has 0 radical (unpaired) electrons. The van der Waals surface area contributed by atoms with Gasteiger partial charge in [-0.25, -0.2) is 8.42 Å². The topological polar surface area (TPSA) is 93.4 Å². The lowest BCUT2D eigenvalue weighted by atomic mass is 10.2. The van der Waals surface area contributed by atoms with Gasteiger partial charge in [0.05, 0.1) is 10.5 Å². The smallest absolute Gasteiger partial charge is 0.252 e. The molecule has 2 heterocycles. The number of nitrogens with zero attached hydrogens (tertiary/aromatic N) is 3. The van der Waals surface area contributed by atoms with Crippen molar-refractivity contribution in [2.24, 2.45) is 0 Å². The maximum Gasteiger partial charge on any atom is 0.252 e. The maximum atomic E-state index is 12.3. The molecule has 1 amide bonds. The fraction of sp³-hybridized carbons (Fsp3) is 0.188. The SMILES string of the molecule is CS(=O)(=O)c1ccccc1C(=O)NCCc1nnc2ccccn12. The van der Waals surface area contributed by atoms with Crippen molar-refractivity contribution >= 4 is 21.4 Å². The molecule has 0 aliphatic carbocycles. The Balaban J connectivity index is 1.71. The summed E-state index contributed by atoms with van der Waals surface area (Å²) in [4.78, 5) is 12.3. The Bertz CT molecular complexity index is 995. The lowest BCUT2D eigenvalue weighted by Crippen LogP contribution is -2.27. The Kier molecular flexibility index (Phi) is 4.30. The van der Waals surface area contributed by atoms with Crippen LogP contribution in [0, 0.1) is 0 Å². The van der Waals surface area contributed by atoms with Crippen LogP contribution in [0.4, 0.5) is 0 Å². The Morgan fingerprint density at radius 3 is 2.67 bits per heavy atom. The lowest BCUT2D eigenvalue weighted by Gasteiger charge is -2.08. The van der Waals surface area contributed by atoms with Crippen molar-refractivity contribution in [2.45, 2.75) is 11.3 Å². The molecule has 0 fully saturated rings. The molecule has 0 spiro atoms. The summed E-state index contributed by atoms with van der Waals surface area (Å²) in [5.74, 6) is 0.298. The average Bonchev–Trinajstić information content (AvgIpc) is 2.97. The van der Waals surface area contributed by atoms with Gasteiger partial charge >= 0.3 is 0 Å². The molecule has 1 aromatic carbocycles. The first kappa shape index (κ1) is 16.1. The minimum absolute atomic E-state index is 0.0235. The molecule has 3 rings (SSSR count). The first-order valence-electron chi connectivity index (χ1n) is 7.33. The number of rotatable bonds is 5. The molecule has 0 atom stereocenters. The van der Waals surface area contributed by atoms with Gasteiger partial charge in [-0.2, -0.15) is 0 Å². The molecule has 8 heteroatoms. The van der Waals surface area contributed by atoms with Crippen LogP contribution >= 0.6 is 0 Å². The van der Waals surface area contributed by atoms with Crippen LogP contribution in [0.5, 0.6) is 0 Å². The molecule has 0 aliphatic rings. The number of carbonyl (C=O) groups excluding carboxylic acids is 1. The number of sulfone groups is 1. The second kappa shape index (κ2) is 6.40. The molecule has 0 unspecified atom stereocenters. The van der Waals surface area contributed by atoms with E-state index >= 15 is 0 Å². The summed E-state index contributed by atoms with van der Waals surface area (Å²) in [6.45, 7) is 0.326. The fourth-order valence-corrected chi connectivity index (χ4v) is 3.31. The van der Waals surface area contributed by atoms with Gasteiger partial charge in [-0.1, -0.05) is 18.2 Å². The summed E-state index contributed by atoms with van der Waals surface area (Å²) in [6.07, 6.45) is 3.42. The summed E-state index contributed by atoms with van der Waals surface area (Å²) >= 11 is 0. The van der Waals surface area contributed by atoms with Crippen LogP contribution in [-0.4, -0.2) is 41.7 Å². The molecule has 1 N–H and O–H groups in total. The van der Waals surface area contributed by atoms with Crippen LogP contribution in [0.15, 0.2) is 53.6 Å². The Labute approximate surface area is 139 Å². The van der Waals surface area contributed by atoms with E-state index in [-0.39, 0.29) is 10.5 Å². The van der Waals surface area contributed by atoms with Gasteiger partial charge in [0.15, 0.2) is 15.5 Å². The van der Waals surface area contributed by atoms with Crippen molar-refractivity contribution < 1.29 is 13.2 Å². The summed E-state index contributed by atoms with van der Waals surface area (Å²) in [6, 6.07) is 11.7. The molecule has 124 valence electrons. The highest BCUT2D eigenvalue weighted by atomic mass is 32.2. The largest absolute Gasteiger partial charge is 0.352 e. The predicted molar refractivity (Wildman–Crippen MR) is 88.6 cm³/mol. The van der Waals surface area contributed by atoms with Gasteiger partial charge in [0, 0.05) is 25.4 Å². The van der Waals surface area contributed by atoms with Crippen molar-refractivity contribution in [3.8, 4) is 0 Å². The van der Waals surface area contributed by atoms with Gasteiger partial charge in [0.1, 0.15) is 5.82 Å². The van der Waals surface area contributed by atoms with E-state index in [0.717, 1.165) is 17.7 Å². The van der Waals surface area contributed by atoms with E-state index in [2.05, 4.69) is 15.5 Å². The van der Waals surface area contributed by atoms with E-state index in [9.17, 15) is 13.2 Å². The van der Waals surface area contributed by atoms with Crippen LogP contribution in [0.25, 0.3) is 5.65 Å². The highest BCUT2D eigenvalue weighted by Crippen LogP contribution is 2.15. The second-order valence-corrected chi connectivity index (χ2v) is 7.30. The van der Waals surface area contributed by atoms with E-state index in [1.807, 2.05) is 28.8 Å². The third-order valence-electron chi connectivity index (χ3n) is 3.55. The van der Waals surface area contributed by atoms with Gasteiger partial charge < -0.3 is 5.32 Å². The molecule has 3 aromatic rings. The summed E-state index contributed by atoms with van der Waals surface area (Å²) in [7, 11) is -3.46. The van der Waals surface area contributed by atoms with Crippen LogP contribution in [0.3, 0.4) is 0 Å². The van der Waals surface area contributed by atoms with E-state index in [1.54, 1.807) is 12.1 Å².